The fraction of sp³-hybridized carbons (Fsp3) is 0. The summed E-state index contributed by atoms with van der Waals surface area (Å²) in [5.41, 5.74) is 19.7. The van der Waals surface area contributed by atoms with E-state index in [0.29, 0.717) is 17.5 Å². The highest BCUT2D eigenvalue weighted by Gasteiger charge is 2.21. The zero-order valence-corrected chi connectivity index (χ0v) is 43.8. The van der Waals surface area contributed by atoms with E-state index in [0.717, 1.165) is 128 Å². The van der Waals surface area contributed by atoms with Crippen molar-refractivity contribution < 1.29 is 8.83 Å². The van der Waals surface area contributed by atoms with E-state index in [9.17, 15) is 0 Å². The highest BCUT2D eigenvalue weighted by Crippen LogP contribution is 2.42. The molecule has 0 saturated heterocycles. The van der Waals surface area contributed by atoms with Crippen LogP contribution in [0.25, 0.3) is 134 Å². The summed E-state index contributed by atoms with van der Waals surface area (Å²) in [6, 6.07) is 102. The van der Waals surface area contributed by atoms with Crippen molar-refractivity contribution in [2.75, 3.05) is 4.90 Å². The maximum atomic E-state index is 6.62. The van der Waals surface area contributed by atoms with E-state index in [1.54, 1.807) is 0 Å². The molecule has 3 aromatic heterocycles. The predicted octanol–water partition coefficient (Wildman–Crippen LogP) is 20.5. The number of furan rings is 2. The molecule has 12 aromatic carbocycles. The summed E-state index contributed by atoms with van der Waals surface area (Å²) < 4.78 is 13.1. The van der Waals surface area contributed by atoms with E-state index in [1.165, 1.54) is 5.56 Å². The van der Waals surface area contributed by atoms with Crippen LogP contribution in [0.4, 0.5) is 17.1 Å². The Balaban J connectivity index is 0.852. The number of nitrogens with zero attached hydrogens (tertiary/aromatic N) is 4. The van der Waals surface area contributed by atoms with Crippen LogP contribution in [0.3, 0.4) is 0 Å². The lowest BCUT2D eigenvalue weighted by atomic mass is 9.96. The third kappa shape index (κ3) is 8.87. The van der Waals surface area contributed by atoms with Gasteiger partial charge in [-0.1, -0.05) is 212 Å². The monoisotopic (exact) mass is 1040 g/mol. The molecule has 81 heavy (non-hydrogen) atoms. The largest absolute Gasteiger partial charge is 0.455 e. The van der Waals surface area contributed by atoms with Crippen LogP contribution in [0.2, 0.25) is 0 Å². The molecule has 0 atom stereocenters. The first-order chi connectivity index (χ1) is 40.1. The van der Waals surface area contributed by atoms with Gasteiger partial charge in [0.15, 0.2) is 17.5 Å². The van der Waals surface area contributed by atoms with Crippen molar-refractivity contribution >= 4 is 60.9 Å². The average molecular weight is 1040 g/mol. The van der Waals surface area contributed by atoms with Crippen LogP contribution in [-0.4, -0.2) is 15.0 Å². The quantitative estimate of drug-likeness (QED) is 0.129. The summed E-state index contributed by atoms with van der Waals surface area (Å²) in [6.07, 6.45) is 0. The molecule has 0 aliphatic heterocycles. The molecule has 0 aliphatic rings. The van der Waals surface area contributed by atoms with Crippen molar-refractivity contribution in [3.63, 3.8) is 0 Å². The van der Waals surface area contributed by atoms with Crippen LogP contribution in [0.1, 0.15) is 0 Å². The van der Waals surface area contributed by atoms with Gasteiger partial charge in [0.25, 0.3) is 0 Å². The third-order valence-electron chi connectivity index (χ3n) is 15.3. The number of rotatable bonds is 11. The minimum absolute atomic E-state index is 0.521. The second kappa shape index (κ2) is 20.1. The van der Waals surface area contributed by atoms with Gasteiger partial charge < -0.3 is 13.7 Å². The molecule has 0 saturated carbocycles. The summed E-state index contributed by atoms with van der Waals surface area (Å²) in [5, 5.41) is 4.27. The van der Waals surface area contributed by atoms with Crippen molar-refractivity contribution in [3.05, 3.63) is 291 Å². The van der Waals surface area contributed by atoms with Crippen LogP contribution < -0.4 is 4.90 Å². The topological polar surface area (TPSA) is 68.2 Å². The summed E-state index contributed by atoms with van der Waals surface area (Å²) in [7, 11) is 0. The molecule has 0 aliphatic carbocycles. The maximum Gasteiger partial charge on any atom is 0.167 e. The first-order valence-electron chi connectivity index (χ1n) is 27.2. The summed E-state index contributed by atoms with van der Waals surface area (Å²) >= 11 is 0. The Morgan fingerprint density at radius 3 is 1.20 bits per heavy atom. The maximum absolute atomic E-state index is 6.62. The normalized spacial score (nSPS) is 11.5. The van der Waals surface area contributed by atoms with E-state index in [-0.39, 0.29) is 0 Å². The zero-order chi connectivity index (χ0) is 53.6. The first kappa shape index (κ1) is 47.3. The molecule has 6 heteroatoms. The van der Waals surface area contributed by atoms with E-state index in [2.05, 4.69) is 248 Å². The molecule has 6 nitrogen and oxygen atoms in total. The smallest absolute Gasteiger partial charge is 0.167 e. The van der Waals surface area contributed by atoms with Crippen LogP contribution in [0.5, 0.6) is 0 Å². The molecule has 3 heterocycles. The second-order valence-electron chi connectivity index (χ2n) is 20.3. The minimum Gasteiger partial charge on any atom is -0.455 e. The lowest BCUT2D eigenvalue weighted by Gasteiger charge is -2.26. The van der Waals surface area contributed by atoms with Crippen molar-refractivity contribution in [2.45, 2.75) is 0 Å². The number of benzene rings is 12. The van der Waals surface area contributed by atoms with Crippen molar-refractivity contribution in [3.8, 4) is 89.8 Å². The van der Waals surface area contributed by atoms with Gasteiger partial charge in [-0.05, 0) is 129 Å². The molecule has 0 amide bonds. The van der Waals surface area contributed by atoms with Gasteiger partial charge in [-0.15, -0.1) is 0 Å². The van der Waals surface area contributed by atoms with Gasteiger partial charge in [-0.3, -0.25) is 0 Å². The van der Waals surface area contributed by atoms with Gasteiger partial charge in [0.2, 0.25) is 0 Å². The van der Waals surface area contributed by atoms with E-state index in [4.69, 9.17) is 23.8 Å². The minimum atomic E-state index is 0.521. The van der Waals surface area contributed by atoms with Crippen molar-refractivity contribution in [2.24, 2.45) is 0 Å². The fourth-order valence-electron chi connectivity index (χ4n) is 11.3. The fourth-order valence-corrected chi connectivity index (χ4v) is 11.3. The highest BCUT2D eigenvalue weighted by molar-refractivity contribution is 6.10. The Bertz CT molecular complexity index is 4740. The van der Waals surface area contributed by atoms with E-state index < -0.39 is 0 Å². The predicted molar refractivity (Wildman–Crippen MR) is 333 cm³/mol. The zero-order valence-electron chi connectivity index (χ0n) is 43.8. The van der Waals surface area contributed by atoms with E-state index in [1.807, 2.05) is 48.5 Å². The van der Waals surface area contributed by atoms with Crippen LogP contribution in [0, 0.1) is 0 Å². The SMILES string of the molecule is c1ccc(-c2ccc(N(c3ccc(-c4cccc5c4oc4ccccc45)cc3)c3cccc(-c4cccc(-c5nc(-c6cc(-c7ccccc7)cc(-c7ccccc7)c6)nc(-c6cccc7c6oc6ccccc67)n5)c4)c3)cc2)cc1. The van der Waals surface area contributed by atoms with Crippen molar-refractivity contribution in [1.29, 1.82) is 0 Å². The first-order valence-corrected chi connectivity index (χ1v) is 27.2. The molecule has 0 spiro atoms. The van der Waals surface area contributed by atoms with Gasteiger partial charge in [0.05, 0.1) is 5.56 Å². The lowest BCUT2D eigenvalue weighted by molar-refractivity contribution is 0.669. The summed E-state index contributed by atoms with van der Waals surface area (Å²) in [5.74, 6) is 1.62. The average Bonchev–Trinajstić information content (AvgIpc) is 4.34. The number of para-hydroxylation sites is 4. The van der Waals surface area contributed by atoms with Gasteiger partial charge in [0.1, 0.15) is 22.3 Å². The molecule has 0 fully saturated rings. The molecule has 0 N–H and O–H groups in total. The summed E-state index contributed by atoms with van der Waals surface area (Å²) in [4.78, 5) is 18.4. The molecule has 0 radical (unpaired) electrons. The van der Waals surface area contributed by atoms with Gasteiger partial charge in [0, 0.05) is 55.3 Å². The number of anilines is 3. The Morgan fingerprint density at radius 2 is 0.605 bits per heavy atom. The molecule has 0 bridgehead atoms. The molecular formula is C75H48N4O2. The third-order valence-corrected chi connectivity index (χ3v) is 15.3. The Hall–Kier alpha value is -11.0. The number of hydrogen-bond donors (Lipinski definition) is 0. The lowest BCUT2D eigenvalue weighted by Crippen LogP contribution is -2.10. The van der Waals surface area contributed by atoms with Gasteiger partial charge in [-0.2, -0.15) is 0 Å². The van der Waals surface area contributed by atoms with Gasteiger partial charge >= 0.3 is 0 Å². The number of hydrogen-bond acceptors (Lipinski definition) is 6. The molecular weight excluding hydrogens is 989 g/mol. The number of fused-ring (bicyclic) bond motifs is 6. The molecule has 15 aromatic rings. The van der Waals surface area contributed by atoms with Crippen LogP contribution in [0.15, 0.2) is 300 Å². The van der Waals surface area contributed by atoms with E-state index >= 15 is 0 Å². The van der Waals surface area contributed by atoms with Crippen molar-refractivity contribution in [1.82, 2.24) is 15.0 Å². The molecule has 0 unspecified atom stereocenters. The van der Waals surface area contributed by atoms with Crippen LogP contribution in [-0.2, 0) is 0 Å². The Labute approximate surface area is 468 Å². The standard InChI is InChI=1S/C75H48N4O2/c1-4-18-49(19-5-1)52-36-40-60(41-37-52)79(61-42-38-53(39-43-61)63-30-16-31-66-64-28-10-12-34-69(64)80-71(63)66)62-27-15-25-55(48-62)54-24-14-26-56(44-54)73-76-74(78-75(77-73)68-33-17-32-67-65-29-11-13-35-70(65)81-72(67)68)59-46-57(50-20-6-2-7-21-50)45-58(47-59)51-22-8-3-9-23-51/h1-48H. The Kier molecular flexibility index (Phi) is 11.7. The number of aromatic nitrogens is 3. The summed E-state index contributed by atoms with van der Waals surface area (Å²) in [6.45, 7) is 0. The van der Waals surface area contributed by atoms with Crippen LogP contribution >= 0.6 is 0 Å². The Morgan fingerprint density at radius 1 is 0.222 bits per heavy atom. The van der Waals surface area contributed by atoms with Gasteiger partial charge in [-0.25, -0.2) is 15.0 Å². The highest BCUT2D eigenvalue weighted by atomic mass is 16.3. The second-order valence-corrected chi connectivity index (χ2v) is 20.3. The molecule has 15 rings (SSSR count). The molecule has 380 valence electrons.